The smallest absolute Gasteiger partial charge is 0.406 e. The molecule has 0 aromatic carbocycles. The topological polar surface area (TPSA) is 65.3 Å². The van der Waals surface area contributed by atoms with E-state index in [1.165, 1.54) is 19.3 Å². The van der Waals surface area contributed by atoms with Gasteiger partial charge in [0.25, 0.3) is 0 Å². The van der Waals surface area contributed by atoms with Gasteiger partial charge in [-0.3, -0.25) is 0 Å². The Hall–Kier alpha value is -1.17. The van der Waals surface area contributed by atoms with E-state index in [0.717, 1.165) is 19.3 Å². The van der Waals surface area contributed by atoms with Crippen LogP contribution in [0.15, 0.2) is 12.1 Å². The largest absolute Gasteiger partial charge is 0.482 e. The molecule has 0 amide bonds. The van der Waals surface area contributed by atoms with Crippen LogP contribution in [0.4, 0.5) is 5.82 Å². The Balaban J connectivity index is 1.82. The maximum Gasteiger partial charge on any atom is 0.406 e. The van der Waals surface area contributed by atoms with Crippen LogP contribution < -0.4 is 4.74 Å². The van der Waals surface area contributed by atoms with E-state index in [1.54, 1.807) is 19.1 Å². The molecular formula is C15H19BrN2O3. The molecule has 1 heterocycles. The van der Waals surface area contributed by atoms with Crippen LogP contribution in [0.1, 0.15) is 44.2 Å². The second kappa shape index (κ2) is 5.55. The lowest BCUT2D eigenvalue weighted by molar-refractivity contribution is -0.391. The molecule has 5 nitrogen and oxygen atoms in total. The number of nitrogens with zero attached hydrogens (tertiary/aromatic N) is 2. The number of rotatable bonds is 3. The van der Waals surface area contributed by atoms with Gasteiger partial charge >= 0.3 is 5.82 Å². The van der Waals surface area contributed by atoms with Crippen LogP contribution in [-0.2, 0) is 0 Å². The molecule has 114 valence electrons. The van der Waals surface area contributed by atoms with Gasteiger partial charge in [0.15, 0.2) is 0 Å². The third-order valence-electron chi connectivity index (χ3n) is 4.89. The summed E-state index contributed by atoms with van der Waals surface area (Å²) in [5.74, 6) is 0.138. The molecule has 2 aliphatic rings. The highest BCUT2D eigenvalue weighted by Crippen LogP contribution is 2.56. The molecule has 21 heavy (non-hydrogen) atoms. The third-order valence-corrected chi connectivity index (χ3v) is 6.18. The fourth-order valence-corrected chi connectivity index (χ4v) is 4.71. The van der Waals surface area contributed by atoms with Crippen molar-refractivity contribution in [1.29, 1.82) is 0 Å². The summed E-state index contributed by atoms with van der Waals surface area (Å²) in [5, 5.41) is 11.1. The van der Waals surface area contributed by atoms with Crippen LogP contribution >= 0.6 is 15.9 Å². The summed E-state index contributed by atoms with van der Waals surface area (Å²) in [6.07, 6.45) is 6.96. The summed E-state index contributed by atoms with van der Waals surface area (Å²) in [6.45, 7) is 1.75. The maximum atomic E-state index is 11.1. The zero-order valence-electron chi connectivity index (χ0n) is 12.0. The fourth-order valence-electron chi connectivity index (χ4n) is 3.62. The molecule has 0 N–H and O–H groups in total. The molecule has 1 spiro atoms. The number of aryl methyl sites for hydroxylation is 1. The standard InChI is InChI=1S/C15H19BrN2O3/c1-10-5-6-11(14(17-10)18(19)20)21-13-9-12(16)15(13)7-3-2-4-8-15/h5-6,12-13H,2-4,7-9H2,1H3. The Labute approximate surface area is 132 Å². The van der Waals surface area contributed by atoms with Crippen LogP contribution in [0.5, 0.6) is 5.75 Å². The Bertz CT molecular complexity index is 558. The van der Waals surface area contributed by atoms with E-state index in [9.17, 15) is 10.1 Å². The normalized spacial score (nSPS) is 27.1. The highest BCUT2D eigenvalue weighted by Gasteiger charge is 2.55. The quantitative estimate of drug-likeness (QED) is 0.464. The van der Waals surface area contributed by atoms with E-state index in [0.29, 0.717) is 16.3 Å². The molecule has 0 radical (unpaired) electrons. The summed E-state index contributed by atoms with van der Waals surface area (Å²) in [6, 6.07) is 3.44. The third kappa shape index (κ3) is 2.54. The Kier molecular flexibility index (Phi) is 3.90. The zero-order chi connectivity index (χ0) is 15.0. The van der Waals surface area contributed by atoms with E-state index in [4.69, 9.17) is 4.74 Å². The molecule has 6 heteroatoms. The molecular weight excluding hydrogens is 336 g/mol. The van der Waals surface area contributed by atoms with Gasteiger partial charge in [-0.15, -0.1) is 0 Å². The van der Waals surface area contributed by atoms with Crippen molar-refractivity contribution in [3.05, 3.63) is 27.9 Å². The first kappa shape index (κ1) is 14.8. The van der Waals surface area contributed by atoms with Crippen molar-refractivity contribution >= 4 is 21.7 Å². The first-order valence-electron chi connectivity index (χ1n) is 7.46. The molecule has 0 saturated heterocycles. The summed E-state index contributed by atoms with van der Waals surface area (Å²) < 4.78 is 6.03. The van der Waals surface area contributed by atoms with Crippen molar-refractivity contribution in [1.82, 2.24) is 4.98 Å². The van der Waals surface area contributed by atoms with Gasteiger partial charge < -0.3 is 14.9 Å². The van der Waals surface area contributed by atoms with Crippen molar-refractivity contribution in [3.8, 4) is 5.75 Å². The van der Waals surface area contributed by atoms with Gasteiger partial charge in [-0.25, -0.2) is 0 Å². The van der Waals surface area contributed by atoms with Crippen LogP contribution in [0.2, 0.25) is 0 Å². The average molecular weight is 355 g/mol. The first-order valence-corrected chi connectivity index (χ1v) is 8.37. The molecule has 2 atom stereocenters. The summed E-state index contributed by atoms with van der Waals surface area (Å²) in [7, 11) is 0. The predicted molar refractivity (Wildman–Crippen MR) is 82.9 cm³/mol. The van der Waals surface area contributed by atoms with Crippen molar-refractivity contribution in [3.63, 3.8) is 0 Å². The molecule has 0 bridgehead atoms. The molecule has 1 aromatic rings. The van der Waals surface area contributed by atoms with Crippen molar-refractivity contribution in [2.24, 2.45) is 5.41 Å². The molecule has 0 aliphatic heterocycles. The van der Waals surface area contributed by atoms with Gasteiger partial charge in [0.1, 0.15) is 11.8 Å². The van der Waals surface area contributed by atoms with E-state index >= 15 is 0 Å². The lowest BCUT2D eigenvalue weighted by Crippen LogP contribution is -2.57. The molecule has 2 saturated carbocycles. The van der Waals surface area contributed by atoms with Gasteiger partial charge in [0.2, 0.25) is 5.75 Å². The molecule has 1 aromatic heterocycles. The first-order chi connectivity index (χ1) is 10.0. The van der Waals surface area contributed by atoms with Crippen LogP contribution in [-0.4, -0.2) is 20.8 Å². The highest BCUT2D eigenvalue weighted by molar-refractivity contribution is 9.09. The average Bonchev–Trinajstić information content (AvgIpc) is 2.49. The number of nitro groups is 1. The van der Waals surface area contributed by atoms with Gasteiger partial charge in [0.05, 0.1) is 0 Å². The zero-order valence-corrected chi connectivity index (χ0v) is 13.6. The minimum atomic E-state index is -0.458. The van der Waals surface area contributed by atoms with E-state index < -0.39 is 4.92 Å². The Morgan fingerprint density at radius 3 is 2.71 bits per heavy atom. The fraction of sp³-hybridized carbons (Fsp3) is 0.667. The van der Waals surface area contributed by atoms with Gasteiger partial charge in [-0.2, -0.15) is 0 Å². The number of aromatic nitrogens is 1. The number of pyridine rings is 1. The summed E-state index contributed by atoms with van der Waals surface area (Å²) in [4.78, 5) is 15.2. The van der Waals surface area contributed by atoms with E-state index in [2.05, 4.69) is 20.9 Å². The monoisotopic (exact) mass is 354 g/mol. The summed E-state index contributed by atoms with van der Waals surface area (Å²) >= 11 is 3.76. The van der Waals surface area contributed by atoms with Crippen LogP contribution in [0, 0.1) is 22.5 Å². The van der Waals surface area contributed by atoms with Crippen LogP contribution in [0.25, 0.3) is 0 Å². The Morgan fingerprint density at radius 2 is 2.10 bits per heavy atom. The van der Waals surface area contributed by atoms with E-state index in [-0.39, 0.29) is 17.3 Å². The predicted octanol–water partition coefficient (Wildman–Crippen LogP) is 4.16. The minimum Gasteiger partial charge on any atom is -0.482 e. The lowest BCUT2D eigenvalue weighted by Gasteiger charge is -2.55. The molecule has 2 fully saturated rings. The highest BCUT2D eigenvalue weighted by atomic mass is 79.9. The second-order valence-corrected chi connectivity index (χ2v) is 7.24. The minimum absolute atomic E-state index is 0.0605. The Morgan fingerprint density at radius 1 is 1.38 bits per heavy atom. The van der Waals surface area contributed by atoms with Crippen molar-refractivity contribution in [2.45, 2.75) is 56.4 Å². The van der Waals surface area contributed by atoms with Gasteiger partial charge in [-0.1, -0.05) is 35.2 Å². The van der Waals surface area contributed by atoms with Gasteiger partial charge in [-0.05, 0) is 41.3 Å². The molecule has 2 unspecified atom stereocenters. The van der Waals surface area contributed by atoms with Crippen molar-refractivity contribution in [2.75, 3.05) is 0 Å². The second-order valence-electron chi connectivity index (χ2n) is 6.14. The van der Waals surface area contributed by atoms with Crippen molar-refractivity contribution < 1.29 is 9.66 Å². The van der Waals surface area contributed by atoms with Crippen LogP contribution in [0.3, 0.4) is 0 Å². The van der Waals surface area contributed by atoms with E-state index in [1.807, 2.05) is 0 Å². The summed E-state index contributed by atoms with van der Waals surface area (Å²) in [5.41, 5.74) is 0.783. The number of halogens is 1. The SMILES string of the molecule is Cc1ccc(OC2CC(Br)C23CCCCC3)c([N+](=O)[O-])n1. The lowest BCUT2D eigenvalue weighted by atomic mass is 9.58. The number of hydrogen-bond donors (Lipinski definition) is 0. The van der Waals surface area contributed by atoms with Gasteiger partial charge in [0, 0.05) is 17.2 Å². The molecule has 3 rings (SSSR count). The number of hydrogen-bond acceptors (Lipinski definition) is 4. The number of alkyl halides is 1. The number of ether oxygens (including phenoxy) is 1. The molecule has 2 aliphatic carbocycles. The maximum absolute atomic E-state index is 11.1.